The SMILES string of the molecule is CC/C=C\C/C=C\C/C=C\C/C=C\C/C=C\C/C=C\C/C=C\CCCCCCCCCCCCCCCC(=O)OCC(COC(=O)CCCCCCC/C=C\CCCCC)OC(=O)CC/C=C\C/C=C\C/C=C\C/C=C\CC. The lowest BCUT2D eigenvalue weighted by molar-refractivity contribution is -0.166. The molecule has 0 bridgehead atoms. The first-order chi connectivity index (χ1) is 38.5. The molecule has 0 aromatic rings. The van der Waals surface area contributed by atoms with Gasteiger partial charge in [0.1, 0.15) is 13.2 Å². The van der Waals surface area contributed by atoms with E-state index >= 15 is 0 Å². The molecule has 0 aromatic carbocycles. The summed E-state index contributed by atoms with van der Waals surface area (Å²) in [6.07, 6.45) is 93.2. The second-order valence-electron chi connectivity index (χ2n) is 20.5. The summed E-state index contributed by atoms with van der Waals surface area (Å²) in [6, 6.07) is 0. The van der Waals surface area contributed by atoms with Crippen molar-refractivity contribution in [2.45, 2.75) is 277 Å². The minimum atomic E-state index is -0.823. The van der Waals surface area contributed by atoms with Crippen LogP contribution >= 0.6 is 0 Å². The normalized spacial score (nSPS) is 13.1. The van der Waals surface area contributed by atoms with Gasteiger partial charge in [-0.1, -0.05) is 269 Å². The summed E-state index contributed by atoms with van der Waals surface area (Å²) in [7, 11) is 0. The number of carbonyl (C=O) groups excluding carboxylic acids is 3. The Hall–Kier alpha value is -4.71. The molecule has 0 aromatic heterocycles. The third-order valence-corrected chi connectivity index (χ3v) is 13.1. The maximum atomic E-state index is 12.8. The van der Waals surface area contributed by atoms with Crippen molar-refractivity contribution < 1.29 is 28.6 Å². The third-order valence-electron chi connectivity index (χ3n) is 13.1. The molecule has 0 N–H and O–H groups in total. The fourth-order valence-corrected chi connectivity index (χ4v) is 8.37. The molecule has 78 heavy (non-hydrogen) atoms. The van der Waals surface area contributed by atoms with Crippen LogP contribution < -0.4 is 0 Å². The number of ether oxygens (including phenoxy) is 3. The molecule has 0 aliphatic heterocycles. The van der Waals surface area contributed by atoms with Gasteiger partial charge in [0.05, 0.1) is 0 Å². The lowest BCUT2D eigenvalue weighted by atomic mass is 10.0. The van der Waals surface area contributed by atoms with Crippen LogP contribution in [0.3, 0.4) is 0 Å². The summed E-state index contributed by atoms with van der Waals surface area (Å²) < 4.78 is 16.8. The first kappa shape index (κ1) is 73.3. The Bertz CT molecular complexity index is 1710. The molecule has 0 fully saturated rings. The van der Waals surface area contributed by atoms with E-state index in [2.05, 4.69) is 154 Å². The second-order valence-corrected chi connectivity index (χ2v) is 20.5. The van der Waals surface area contributed by atoms with Gasteiger partial charge < -0.3 is 14.2 Å². The van der Waals surface area contributed by atoms with Crippen LogP contribution in [0, 0.1) is 0 Å². The van der Waals surface area contributed by atoms with Crippen LogP contribution in [0.1, 0.15) is 271 Å². The van der Waals surface area contributed by atoms with Crippen molar-refractivity contribution in [2.24, 2.45) is 0 Å². The third kappa shape index (κ3) is 62.1. The molecule has 1 atom stereocenters. The molecular weight excluding hydrogens is 961 g/mol. The molecule has 0 amide bonds. The van der Waals surface area contributed by atoms with Crippen LogP contribution in [0.2, 0.25) is 0 Å². The fraction of sp³-hybridized carbons (Fsp3) is 0.625. The van der Waals surface area contributed by atoms with Crippen LogP contribution in [0.25, 0.3) is 0 Å². The van der Waals surface area contributed by atoms with E-state index in [1.807, 2.05) is 12.2 Å². The van der Waals surface area contributed by atoms with Crippen molar-refractivity contribution in [2.75, 3.05) is 13.2 Å². The van der Waals surface area contributed by atoms with Crippen LogP contribution in [0.4, 0.5) is 0 Å². The number of esters is 3. The highest BCUT2D eigenvalue weighted by atomic mass is 16.6. The highest BCUT2D eigenvalue weighted by molar-refractivity contribution is 5.71. The van der Waals surface area contributed by atoms with Gasteiger partial charge in [-0.15, -0.1) is 0 Å². The number of unbranched alkanes of at least 4 members (excludes halogenated alkanes) is 21. The lowest BCUT2D eigenvalue weighted by Crippen LogP contribution is -2.30. The average Bonchev–Trinajstić information content (AvgIpc) is 3.44. The van der Waals surface area contributed by atoms with Gasteiger partial charge in [0, 0.05) is 19.3 Å². The molecule has 0 aliphatic carbocycles. The molecule has 0 rings (SSSR count). The number of hydrogen-bond acceptors (Lipinski definition) is 6. The Labute approximate surface area is 480 Å². The lowest BCUT2D eigenvalue weighted by Gasteiger charge is -2.18. The maximum Gasteiger partial charge on any atom is 0.306 e. The van der Waals surface area contributed by atoms with E-state index in [4.69, 9.17) is 14.2 Å². The molecule has 0 saturated heterocycles. The first-order valence-corrected chi connectivity index (χ1v) is 31.8. The molecule has 6 heteroatoms. The zero-order valence-corrected chi connectivity index (χ0v) is 50.4. The van der Waals surface area contributed by atoms with E-state index in [1.54, 1.807) is 0 Å². The van der Waals surface area contributed by atoms with Gasteiger partial charge in [-0.25, -0.2) is 0 Å². The standard InChI is InChI=1S/C72H116O6/c1-4-7-10-13-16-19-22-25-26-27-28-29-30-31-32-33-34-35-36-37-38-39-40-41-42-43-44-45-46-48-50-53-56-59-62-65-71(74)77-68-69(67-76-70(73)64-61-58-55-52-49-24-21-18-15-12-9-6-3)78-72(75)66-63-60-57-54-51-47-23-20-17-14-11-8-5-2/h7-8,10-11,16-21,25-26,28-29,31-32,34-35,37-38,47,51,57,60,69H,4-6,9,12-15,22-24,27,30,33,36,39-46,48-50,52-56,58-59,61-68H2,1-3H3/b10-7-,11-8-,19-16-,20-17-,21-18-,26-25-,29-28-,32-31-,35-34-,38-37-,51-47-,60-57-. The van der Waals surface area contributed by atoms with Gasteiger partial charge in [-0.3, -0.25) is 14.4 Å². The smallest absolute Gasteiger partial charge is 0.306 e. The maximum absolute atomic E-state index is 12.8. The Kier molecular flexibility index (Phi) is 60.9. The van der Waals surface area contributed by atoms with E-state index in [0.29, 0.717) is 19.3 Å². The van der Waals surface area contributed by atoms with Crippen molar-refractivity contribution in [1.82, 2.24) is 0 Å². The number of carbonyl (C=O) groups is 3. The second kappa shape index (κ2) is 64.8. The average molecular weight is 1080 g/mol. The van der Waals surface area contributed by atoms with Gasteiger partial charge in [0.2, 0.25) is 0 Å². The fourth-order valence-electron chi connectivity index (χ4n) is 8.37. The van der Waals surface area contributed by atoms with E-state index in [9.17, 15) is 14.4 Å². The van der Waals surface area contributed by atoms with Crippen LogP contribution in [-0.4, -0.2) is 37.2 Å². The van der Waals surface area contributed by atoms with Crippen molar-refractivity contribution >= 4 is 17.9 Å². The summed E-state index contributed by atoms with van der Waals surface area (Å²) >= 11 is 0. The minimum Gasteiger partial charge on any atom is -0.462 e. The Balaban J connectivity index is 4.19. The largest absolute Gasteiger partial charge is 0.462 e. The monoisotopic (exact) mass is 1080 g/mol. The van der Waals surface area contributed by atoms with E-state index in [-0.39, 0.29) is 31.6 Å². The van der Waals surface area contributed by atoms with Crippen LogP contribution in [-0.2, 0) is 28.6 Å². The highest BCUT2D eigenvalue weighted by Gasteiger charge is 2.19. The first-order valence-electron chi connectivity index (χ1n) is 31.8. The summed E-state index contributed by atoms with van der Waals surface area (Å²) in [6.45, 7) is 6.31. The minimum absolute atomic E-state index is 0.113. The molecule has 6 nitrogen and oxygen atoms in total. The number of allylic oxidation sites excluding steroid dienone is 24. The van der Waals surface area contributed by atoms with Gasteiger partial charge in [0.15, 0.2) is 6.10 Å². The Morgan fingerprint density at radius 1 is 0.269 bits per heavy atom. The molecule has 1 unspecified atom stereocenters. The van der Waals surface area contributed by atoms with Crippen molar-refractivity contribution in [3.05, 3.63) is 146 Å². The predicted molar refractivity (Wildman–Crippen MR) is 339 cm³/mol. The Morgan fingerprint density at radius 3 is 0.846 bits per heavy atom. The Morgan fingerprint density at radius 2 is 0.526 bits per heavy atom. The number of rotatable bonds is 56. The molecule has 0 heterocycles. The van der Waals surface area contributed by atoms with Gasteiger partial charge in [-0.2, -0.15) is 0 Å². The summed E-state index contributed by atoms with van der Waals surface area (Å²) in [4.78, 5) is 38.1. The van der Waals surface area contributed by atoms with Crippen molar-refractivity contribution in [3.63, 3.8) is 0 Å². The number of hydrogen-bond donors (Lipinski definition) is 0. The van der Waals surface area contributed by atoms with Gasteiger partial charge >= 0.3 is 17.9 Å². The summed E-state index contributed by atoms with van der Waals surface area (Å²) in [5.41, 5.74) is 0. The van der Waals surface area contributed by atoms with E-state index < -0.39 is 12.1 Å². The topological polar surface area (TPSA) is 78.9 Å². The van der Waals surface area contributed by atoms with Crippen molar-refractivity contribution in [3.8, 4) is 0 Å². The van der Waals surface area contributed by atoms with Crippen molar-refractivity contribution in [1.29, 1.82) is 0 Å². The molecular formula is C72H116O6. The van der Waals surface area contributed by atoms with E-state index in [1.165, 1.54) is 103 Å². The molecule has 440 valence electrons. The highest BCUT2D eigenvalue weighted by Crippen LogP contribution is 2.15. The molecule has 0 aliphatic rings. The predicted octanol–water partition coefficient (Wildman–Crippen LogP) is 21.9. The van der Waals surface area contributed by atoms with Crippen LogP contribution in [0.15, 0.2) is 146 Å². The van der Waals surface area contributed by atoms with Gasteiger partial charge in [0.25, 0.3) is 0 Å². The molecule has 0 spiro atoms. The van der Waals surface area contributed by atoms with Gasteiger partial charge in [-0.05, 0) is 128 Å². The quantitative estimate of drug-likeness (QED) is 0.0261. The zero-order chi connectivity index (χ0) is 56.4. The molecule has 0 saturated carbocycles. The summed E-state index contributed by atoms with van der Waals surface area (Å²) in [5, 5.41) is 0. The molecule has 0 radical (unpaired) electrons. The zero-order valence-electron chi connectivity index (χ0n) is 50.4. The van der Waals surface area contributed by atoms with Crippen LogP contribution in [0.5, 0.6) is 0 Å². The summed E-state index contributed by atoms with van der Waals surface area (Å²) in [5.74, 6) is -1.01. The van der Waals surface area contributed by atoms with E-state index in [0.717, 1.165) is 122 Å².